The normalized spacial score (nSPS) is 16.7. The average molecular weight is 330 g/mol. The van der Waals surface area contributed by atoms with Crippen LogP contribution in [0, 0.1) is 0 Å². The molecule has 6 nitrogen and oxygen atoms in total. The summed E-state index contributed by atoms with van der Waals surface area (Å²) in [5, 5.41) is 4.22. The first-order chi connectivity index (χ1) is 11.8. The topological polar surface area (TPSA) is 51.9 Å². The largest absolute Gasteiger partial charge is 0.396 e. The van der Waals surface area contributed by atoms with Crippen LogP contribution in [0.5, 0.6) is 0 Å². The van der Waals surface area contributed by atoms with E-state index in [4.69, 9.17) is 14.6 Å². The highest BCUT2D eigenvalue weighted by atomic mass is 16.6. The van der Waals surface area contributed by atoms with Gasteiger partial charge >= 0.3 is 0 Å². The van der Waals surface area contributed by atoms with Crippen molar-refractivity contribution in [2.45, 2.75) is 33.4 Å². The Bertz CT molecular complexity index is 689. The minimum Gasteiger partial charge on any atom is -0.396 e. The number of hydrogen-bond acceptors (Lipinski definition) is 5. The summed E-state index contributed by atoms with van der Waals surface area (Å²) in [5.41, 5.74) is 3.13. The third-order valence-corrected chi connectivity index (χ3v) is 4.11. The highest BCUT2D eigenvalue weighted by Crippen LogP contribution is 2.18. The van der Waals surface area contributed by atoms with Gasteiger partial charge in [-0.2, -0.15) is 0 Å². The van der Waals surface area contributed by atoms with Gasteiger partial charge in [0.2, 0.25) is 0 Å². The van der Waals surface area contributed by atoms with E-state index < -0.39 is 0 Å². The first kappa shape index (κ1) is 16.9. The number of aromatic nitrogens is 2. The Kier molecular flexibility index (Phi) is 5.82. The van der Waals surface area contributed by atoms with Gasteiger partial charge in [0.25, 0.3) is 0 Å². The van der Waals surface area contributed by atoms with Gasteiger partial charge in [0.15, 0.2) is 0 Å². The number of benzene rings is 1. The molecule has 0 spiro atoms. The molecule has 1 aliphatic heterocycles. The summed E-state index contributed by atoms with van der Waals surface area (Å²) < 4.78 is 7.69. The van der Waals surface area contributed by atoms with E-state index >= 15 is 0 Å². The zero-order chi connectivity index (χ0) is 16.8. The zero-order valence-corrected chi connectivity index (χ0v) is 14.6. The van der Waals surface area contributed by atoms with Gasteiger partial charge in [0.05, 0.1) is 43.0 Å². The summed E-state index contributed by atoms with van der Waals surface area (Å²) in [6.07, 6.45) is 0.965. The number of morpholine rings is 1. The number of ether oxygens (including phenoxy) is 1. The van der Waals surface area contributed by atoms with E-state index in [1.807, 2.05) is 13.0 Å². The molecule has 6 heteroatoms. The molecule has 0 saturated carbocycles. The van der Waals surface area contributed by atoms with E-state index in [2.05, 4.69) is 39.7 Å². The molecule has 1 aromatic heterocycles. The second kappa shape index (κ2) is 8.26. The number of imidazole rings is 1. The monoisotopic (exact) mass is 330 g/mol. The zero-order valence-electron chi connectivity index (χ0n) is 14.6. The van der Waals surface area contributed by atoms with Crippen molar-refractivity contribution >= 4 is 16.7 Å². The molecule has 0 N–H and O–H groups in total. The fraction of sp³-hybridized carbons (Fsp3) is 0.556. The molecule has 2 aromatic rings. The molecule has 24 heavy (non-hydrogen) atoms. The number of para-hydroxylation sites is 2. The van der Waals surface area contributed by atoms with Crippen LogP contribution >= 0.6 is 0 Å². The summed E-state index contributed by atoms with van der Waals surface area (Å²) in [7, 11) is 0. The Hall–Kier alpha value is -1.92. The summed E-state index contributed by atoms with van der Waals surface area (Å²) in [4.78, 5) is 12.6. The second-order valence-electron chi connectivity index (χ2n) is 6.15. The highest BCUT2D eigenvalue weighted by molar-refractivity contribution is 5.84. The molecule has 1 aliphatic rings. The molecule has 1 fully saturated rings. The lowest BCUT2D eigenvalue weighted by molar-refractivity contribution is 0.0327. The Morgan fingerprint density at radius 2 is 2.08 bits per heavy atom. The number of rotatable bonds is 7. The van der Waals surface area contributed by atoms with Crippen LogP contribution in [0.15, 0.2) is 29.4 Å². The summed E-state index contributed by atoms with van der Waals surface area (Å²) in [5.74, 6) is 1.07. The Labute approximate surface area is 143 Å². The fourth-order valence-electron chi connectivity index (χ4n) is 2.89. The first-order valence-corrected chi connectivity index (χ1v) is 8.67. The molecule has 0 atom stereocenters. The molecule has 0 aliphatic carbocycles. The van der Waals surface area contributed by atoms with Crippen molar-refractivity contribution in [3.63, 3.8) is 0 Å². The van der Waals surface area contributed by atoms with Crippen LogP contribution in [0.25, 0.3) is 11.0 Å². The second-order valence-corrected chi connectivity index (χ2v) is 6.15. The van der Waals surface area contributed by atoms with Crippen LogP contribution in [0.4, 0.5) is 0 Å². The van der Waals surface area contributed by atoms with E-state index in [1.54, 1.807) is 0 Å². The lowest BCUT2D eigenvalue weighted by atomic mass is 10.3. The van der Waals surface area contributed by atoms with Crippen molar-refractivity contribution in [2.75, 3.05) is 32.9 Å². The van der Waals surface area contributed by atoms with Gasteiger partial charge in [-0.3, -0.25) is 4.90 Å². The van der Waals surface area contributed by atoms with E-state index in [-0.39, 0.29) is 0 Å². The number of hydrogen-bond donors (Lipinski definition) is 0. The Morgan fingerprint density at radius 1 is 1.29 bits per heavy atom. The van der Waals surface area contributed by atoms with Crippen molar-refractivity contribution in [3.05, 3.63) is 30.1 Å². The van der Waals surface area contributed by atoms with Crippen LogP contribution < -0.4 is 0 Å². The number of fused-ring (bicyclic) bond motifs is 1. The van der Waals surface area contributed by atoms with Gasteiger partial charge in [-0.05, 0) is 25.5 Å². The number of oxime groups is 1. The van der Waals surface area contributed by atoms with Gasteiger partial charge in [0, 0.05) is 13.1 Å². The predicted molar refractivity (Wildman–Crippen MR) is 95.2 cm³/mol. The lowest BCUT2D eigenvalue weighted by Gasteiger charge is -2.26. The minimum absolute atomic E-state index is 0.655. The molecule has 0 unspecified atom stereocenters. The highest BCUT2D eigenvalue weighted by Gasteiger charge is 2.17. The number of nitrogens with zero attached hydrogens (tertiary/aromatic N) is 4. The summed E-state index contributed by atoms with van der Waals surface area (Å²) in [6, 6.07) is 8.27. The third-order valence-electron chi connectivity index (χ3n) is 4.11. The predicted octanol–water partition coefficient (Wildman–Crippen LogP) is 2.67. The maximum Gasteiger partial charge on any atom is 0.124 e. The first-order valence-electron chi connectivity index (χ1n) is 8.67. The SMILES string of the molecule is CCCO/N=C(\C)Cn1c(CN2CCOCC2)nc2ccccc21. The molecule has 0 amide bonds. The van der Waals surface area contributed by atoms with E-state index in [9.17, 15) is 0 Å². The van der Waals surface area contributed by atoms with Crippen molar-refractivity contribution in [1.29, 1.82) is 0 Å². The van der Waals surface area contributed by atoms with Crippen LogP contribution in [-0.4, -0.2) is 53.1 Å². The van der Waals surface area contributed by atoms with Crippen molar-refractivity contribution < 1.29 is 9.57 Å². The van der Waals surface area contributed by atoms with Crippen LogP contribution in [0.2, 0.25) is 0 Å². The summed E-state index contributed by atoms with van der Waals surface area (Å²) in [6.45, 7) is 9.77. The van der Waals surface area contributed by atoms with Crippen molar-refractivity contribution in [2.24, 2.45) is 5.16 Å². The molecule has 1 aromatic carbocycles. The summed E-state index contributed by atoms with van der Waals surface area (Å²) >= 11 is 0. The molecule has 0 bridgehead atoms. The lowest BCUT2D eigenvalue weighted by Crippen LogP contribution is -2.36. The van der Waals surface area contributed by atoms with E-state index in [0.717, 1.165) is 61.8 Å². The van der Waals surface area contributed by atoms with Crippen LogP contribution in [0.3, 0.4) is 0 Å². The molecule has 0 radical (unpaired) electrons. The van der Waals surface area contributed by atoms with Gasteiger partial charge in [-0.1, -0.05) is 24.2 Å². The minimum atomic E-state index is 0.655. The molecular formula is C18H26N4O2. The van der Waals surface area contributed by atoms with Gasteiger partial charge in [-0.15, -0.1) is 0 Å². The van der Waals surface area contributed by atoms with E-state index in [1.165, 1.54) is 0 Å². The molecule has 1 saturated heterocycles. The van der Waals surface area contributed by atoms with Crippen molar-refractivity contribution in [3.8, 4) is 0 Å². The molecule has 130 valence electrons. The van der Waals surface area contributed by atoms with Crippen molar-refractivity contribution in [1.82, 2.24) is 14.5 Å². The smallest absolute Gasteiger partial charge is 0.124 e. The maximum absolute atomic E-state index is 5.44. The van der Waals surface area contributed by atoms with E-state index in [0.29, 0.717) is 13.2 Å². The maximum atomic E-state index is 5.44. The van der Waals surface area contributed by atoms with Gasteiger partial charge in [-0.25, -0.2) is 4.98 Å². The molecule has 2 heterocycles. The molecular weight excluding hydrogens is 304 g/mol. The third kappa shape index (κ3) is 4.13. The van der Waals surface area contributed by atoms with Crippen LogP contribution in [-0.2, 0) is 22.7 Å². The van der Waals surface area contributed by atoms with Gasteiger partial charge < -0.3 is 14.1 Å². The molecule has 3 rings (SSSR count). The fourth-order valence-corrected chi connectivity index (χ4v) is 2.89. The van der Waals surface area contributed by atoms with Crippen LogP contribution in [0.1, 0.15) is 26.1 Å². The standard InChI is InChI=1S/C18H26N4O2/c1-3-10-24-20-15(2)13-22-17-7-5-4-6-16(17)19-18(22)14-21-8-11-23-12-9-21/h4-7H,3,8-14H2,1-2H3/b20-15+. The van der Waals surface area contributed by atoms with Gasteiger partial charge in [0.1, 0.15) is 12.4 Å². The Balaban J connectivity index is 1.83. The average Bonchev–Trinajstić information content (AvgIpc) is 2.93. The Morgan fingerprint density at radius 3 is 2.88 bits per heavy atom. The quantitative estimate of drug-likeness (QED) is 0.445.